The zero-order valence-corrected chi connectivity index (χ0v) is 18.0. The van der Waals surface area contributed by atoms with Crippen LogP contribution in [0.2, 0.25) is 5.02 Å². The number of benzene rings is 1. The molecule has 0 saturated heterocycles. The summed E-state index contributed by atoms with van der Waals surface area (Å²) in [6, 6.07) is 8.89. The molecule has 0 saturated carbocycles. The minimum Gasteiger partial charge on any atom is -0.480 e. The molecule has 0 aliphatic rings. The van der Waals surface area contributed by atoms with E-state index in [1.165, 1.54) is 36.0 Å². The average Bonchev–Trinajstić information content (AvgIpc) is 2.73. The lowest BCUT2D eigenvalue weighted by Gasteiger charge is -2.14. The molecule has 164 valence electrons. The van der Waals surface area contributed by atoms with E-state index < -0.39 is 15.8 Å². The van der Waals surface area contributed by atoms with Gasteiger partial charge in [-0.25, -0.2) is 22.8 Å². The summed E-state index contributed by atoms with van der Waals surface area (Å²) >= 11 is 5.91. The van der Waals surface area contributed by atoms with Gasteiger partial charge >= 0.3 is 0 Å². The molecule has 0 unspecified atom stereocenters. The smallest absolute Gasteiger partial charge is 0.263 e. The Morgan fingerprint density at radius 2 is 1.94 bits per heavy atom. The van der Waals surface area contributed by atoms with Crippen molar-refractivity contribution in [2.24, 2.45) is 0 Å². The lowest BCUT2D eigenvalue weighted by Crippen LogP contribution is -2.15. The molecule has 9 nitrogen and oxygen atoms in total. The number of halogens is 2. The minimum atomic E-state index is -4.19. The topological polar surface area (TPSA) is 129 Å². The quantitative estimate of drug-likeness (QED) is 0.454. The van der Waals surface area contributed by atoms with E-state index in [1.54, 1.807) is 12.1 Å². The molecule has 3 N–H and O–H groups in total. The van der Waals surface area contributed by atoms with Gasteiger partial charge in [-0.05, 0) is 36.4 Å². The molecule has 32 heavy (non-hydrogen) atoms. The number of nitrogens with zero attached hydrogens (tertiary/aromatic N) is 3. The molecule has 0 bridgehead atoms. The Morgan fingerprint density at radius 3 is 2.66 bits per heavy atom. The summed E-state index contributed by atoms with van der Waals surface area (Å²) < 4.78 is 47.8. The number of aromatic nitrogens is 3. The van der Waals surface area contributed by atoms with E-state index in [0.29, 0.717) is 16.8 Å². The predicted molar refractivity (Wildman–Crippen MR) is 118 cm³/mol. The summed E-state index contributed by atoms with van der Waals surface area (Å²) in [5.74, 6) is -0.564. The number of pyridine rings is 2. The van der Waals surface area contributed by atoms with Crippen LogP contribution in [0.25, 0.3) is 16.8 Å². The minimum absolute atomic E-state index is 0.00274. The Hall–Kier alpha value is -3.70. The molecule has 4 aromatic rings. The van der Waals surface area contributed by atoms with Gasteiger partial charge in [-0.3, -0.25) is 13.9 Å². The van der Waals surface area contributed by atoms with Crippen molar-refractivity contribution in [1.29, 1.82) is 0 Å². The first kappa shape index (κ1) is 21.5. The zero-order chi connectivity index (χ0) is 23.0. The van der Waals surface area contributed by atoms with E-state index in [9.17, 15) is 17.6 Å². The van der Waals surface area contributed by atoms with Crippen molar-refractivity contribution in [3.8, 4) is 17.0 Å². The van der Waals surface area contributed by atoms with Gasteiger partial charge in [0.15, 0.2) is 0 Å². The fraction of sp³-hybridized carbons (Fsp3) is 0.0500. The second kappa shape index (κ2) is 8.09. The highest BCUT2D eigenvalue weighted by Gasteiger charge is 2.21. The Morgan fingerprint density at radius 1 is 1.16 bits per heavy atom. The number of rotatable bonds is 5. The summed E-state index contributed by atoms with van der Waals surface area (Å²) in [7, 11) is -2.86. The summed E-state index contributed by atoms with van der Waals surface area (Å²) in [4.78, 5) is 20.1. The van der Waals surface area contributed by atoms with Gasteiger partial charge in [0.1, 0.15) is 27.9 Å². The van der Waals surface area contributed by atoms with Crippen LogP contribution in [0.4, 0.5) is 15.9 Å². The van der Waals surface area contributed by atoms with E-state index in [2.05, 4.69) is 14.7 Å². The Bertz CT molecular complexity index is 1520. The molecule has 0 aliphatic carbocycles. The van der Waals surface area contributed by atoms with Crippen molar-refractivity contribution < 1.29 is 17.5 Å². The predicted octanol–water partition coefficient (Wildman–Crippen LogP) is 2.94. The van der Waals surface area contributed by atoms with Gasteiger partial charge in [0, 0.05) is 29.6 Å². The molecule has 1 aromatic carbocycles. The van der Waals surface area contributed by atoms with Crippen LogP contribution in [0.15, 0.2) is 64.5 Å². The fourth-order valence-corrected chi connectivity index (χ4v) is 4.61. The van der Waals surface area contributed by atoms with Gasteiger partial charge in [-0.15, -0.1) is 0 Å². The van der Waals surface area contributed by atoms with Crippen LogP contribution in [-0.4, -0.2) is 29.9 Å². The standard InChI is InChI=1S/C20H15ClFN5O4S/c1-31-20-15(26-32(29,30)16-4-3-13(22)7-14(16)21)6-12(9-24-20)11-2-5-18-25-17(23)8-19(28)27(18)10-11/h2-10,26H,23H2,1H3. The molecule has 0 amide bonds. The van der Waals surface area contributed by atoms with Crippen LogP contribution in [0.1, 0.15) is 0 Å². The highest BCUT2D eigenvalue weighted by atomic mass is 35.5. The third-order valence-electron chi connectivity index (χ3n) is 4.48. The number of hydrogen-bond donors (Lipinski definition) is 2. The van der Waals surface area contributed by atoms with E-state index in [4.69, 9.17) is 22.1 Å². The van der Waals surface area contributed by atoms with Crippen LogP contribution in [0, 0.1) is 5.82 Å². The lowest BCUT2D eigenvalue weighted by atomic mass is 10.1. The second-order valence-corrected chi connectivity index (χ2v) is 8.68. The van der Waals surface area contributed by atoms with Crippen LogP contribution >= 0.6 is 11.6 Å². The highest BCUT2D eigenvalue weighted by molar-refractivity contribution is 7.92. The van der Waals surface area contributed by atoms with Gasteiger partial charge in [0.25, 0.3) is 15.6 Å². The molecular weight excluding hydrogens is 461 g/mol. The molecule has 0 spiro atoms. The number of nitrogens with two attached hydrogens (primary N) is 1. The molecule has 4 rings (SSSR count). The SMILES string of the molecule is COc1ncc(-c2ccc3nc(N)cc(=O)n3c2)cc1NS(=O)(=O)c1ccc(F)cc1Cl. The second-order valence-electron chi connectivity index (χ2n) is 6.63. The van der Waals surface area contributed by atoms with Crippen LogP contribution in [-0.2, 0) is 10.0 Å². The van der Waals surface area contributed by atoms with Crippen LogP contribution in [0.5, 0.6) is 5.88 Å². The maximum atomic E-state index is 13.3. The van der Waals surface area contributed by atoms with Crippen molar-refractivity contribution in [3.63, 3.8) is 0 Å². The molecule has 12 heteroatoms. The molecule has 0 fully saturated rings. The number of methoxy groups -OCH3 is 1. The highest BCUT2D eigenvalue weighted by Crippen LogP contribution is 2.31. The number of nitrogens with one attached hydrogen (secondary N) is 1. The normalized spacial score (nSPS) is 11.5. The summed E-state index contributed by atoms with van der Waals surface area (Å²) in [5, 5.41) is -0.277. The Labute approximate surface area is 186 Å². The van der Waals surface area contributed by atoms with Crippen molar-refractivity contribution in [3.05, 3.63) is 76.1 Å². The molecular formula is C20H15ClFN5O4S. The average molecular weight is 476 g/mol. The molecule has 0 atom stereocenters. The van der Waals surface area contributed by atoms with E-state index in [-0.39, 0.29) is 32.9 Å². The number of ether oxygens (including phenoxy) is 1. The zero-order valence-electron chi connectivity index (χ0n) is 16.4. The lowest BCUT2D eigenvalue weighted by molar-refractivity contribution is 0.400. The summed E-state index contributed by atoms with van der Waals surface area (Å²) in [5.41, 5.74) is 6.65. The molecule has 0 radical (unpaired) electrons. The Balaban J connectivity index is 1.78. The fourth-order valence-electron chi connectivity index (χ4n) is 3.03. The third kappa shape index (κ3) is 4.07. The monoisotopic (exact) mass is 475 g/mol. The van der Waals surface area contributed by atoms with Gasteiger partial charge < -0.3 is 10.5 Å². The van der Waals surface area contributed by atoms with Gasteiger partial charge in [0.2, 0.25) is 5.88 Å². The summed E-state index contributed by atoms with van der Waals surface area (Å²) in [6.07, 6.45) is 2.99. The maximum absolute atomic E-state index is 13.3. The van der Waals surface area contributed by atoms with E-state index in [1.807, 2.05) is 0 Å². The van der Waals surface area contributed by atoms with Crippen LogP contribution < -0.4 is 20.8 Å². The largest absolute Gasteiger partial charge is 0.480 e. The van der Waals surface area contributed by atoms with Gasteiger partial charge in [0.05, 0.1) is 12.1 Å². The van der Waals surface area contributed by atoms with E-state index >= 15 is 0 Å². The van der Waals surface area contributed by atoms with Crippen molar-refractivity contribution in [2.45, 2.75) is 4.90 Å². The van der Waals surface area contributed by atoms with Crippen molar-refractivity contribution in [1.82, 2.24) is 14.4 Å². The number of hydrogen-bond acceptors (Lipinski definition) is 7. The number of nitrogen functional groups attached to an aromatic ring is 1. The first-order chi connectivity index (χ1) is 15.2. The molecule has 3 heterocycles. The molecule has 0 aliphatic heterocycles. The molecule has 3 aromatic heterocycles. The first-order valence-corrected chi connectivity index (χ1v) is 10.9. The summed E-state index contributed by atoms with van der Waals surface area (Å²) in [6.45, 7) is 0. The third-order valence-corrected chi connectivity index (χ3v) is 6.33. The number of sulfonamides is 1. The number of fused-ring (bicyclic) bond motifs is 1. The Kier molecular flexibility index (Phi) is 5.45. The maximum Gasteiger partial charge on any atom is 0.263 e. The van der Waals surface area contributed by atoms with Crippen molar-refractivity contribution in [2.75, 3.05) is 17.6 Å². The first-order valence-electron chi connectivity index (χ1n) is 8.99. The van der Waals surface area contributed by atoms with Crippen molar-refractivity contribution >= 4 is 38.8 Å². The number of anilines is 2. The van der Waals surface area contributed by atoms with Crippen LogP contribution in [0.3, 0.4) is 0 Å². The van der Waals surface area contributed by atoms with Gasteiger partial charge in [-0.1, -0.05) is 11.6 Å². The van der Waals surface area contributed by atoms with Gasteiger partial charge in [-0.2, -0.15) is 0 Å². The van der Waals surface area contributed by atoms with E-state index in [0.717, 1.165) is 18.2 Å².